The molecule has 0 aliphatic carbocycles. The quantitative estimate of drug-likeness (QED) is 0.661. The summed E-state index contributed by atoms with van der Waals surface area (Å²) in [5.41, 5.74) is 0. The van der Waals surface area contributed by atoms with Crippen molar-refractivity contribution in [1.29, 1.82) is 0 Å². The van der Waals surface area contributed by atoms with Crippen molar-refractivity contribution in [2.45, 2.75) is 4.90 Å². The SMILES string of the molecule is CN(C)C(=O)NCCNS(=O)(=O)c1ccccc1O. The lowest BCUT2D eigenvalue weighted by atomic mass is 10.3. The topological polar surface area (TPSA) is 98.7 Å². The van der Waals surface area contributed by atoms with E-state index in [0.29, 0.717) is 0 Å². The molecule has 2 amide bonds. The summed E-state index contributed by atoms with van der Waals surface area (Å²) in [5, 5.41) is 12.0. The number of carbonyl (C=O) groups is 1. The lowest BCUT2D eigenvalue weighted by molar-refractivity contribution is 0.217. The number of benzene rings is 1. The van der Waals surface area contributed by atoms with Crippen LogP contribution in [-0.4, -0.2) is 51.6 Å². The third-order valence-corrected chi connectivity index (χ3v) is 3.76. The zero-order chi connectivity index (χ0) is 14.5. The molecular weight excluding hydrogens is 270 g/mol. The molecule has 1 aromatic rings. The molecule has 19 heavy (non-hydrogen) atoms. The lowest BCUT2D eigenvalue weighted by Gasteiger charge is -2.12. The summed E-state index contributed by atoms with van der Waals surface area (Å²) in [5.74, 6) is -0.313. The third kappa shape index (κ3) is 4.42. The first-order chi connectivity index (χ1) is 8.84. The van der Waals surface area contributed by atoms with Gasteiger partial charge in [-0.2, -0.15) is 0 Å². The summed E-state index contributed by atoms with van der Waals surface area (Å²) in [6.45, 7) is 0.195. The second kappa shape index (κ2) is 6.39. The Hall–Kier alpha value is -1.80. The zero-order valence-electron chi connectivity index (χ0n) is 10.8. The summed E-state index contributed by atoms with van der Waals surface area (Å²) < 4.78 is 26.0. The largest absolute Gasteiger partial charge is 0.507 e. The Balaban J connectivity index is 2.53. The van der Waals surface area contributed by atoms with Gasteiger partial charge in [0.15, 0.2) is 0 Å². The minimum absolute atomic E-state index is 0.0379. The number of carbonyl (C=O) groups excluding carboxylic acids is 1. The van der Waals surface area contributed by atoms with Crippen LogP contribution in [0.4, 0.5) is 4.79 Å². The van der Waals surface area contributed by atoms with E-state index >= 15 is 0 Å². The molecule has 0 aliphatic rings. The molecule has 106 valence electrons. The van der Waals surface area contributed by atoms with Gasteiger partial charge in [-0.3, -0.25) is 0 Å². The van der Waals surface area contributed by atoms with Crippen molar-refractivity contribution in [3.63, 3.8) is 0 Å². The highest BCUT2D eigenvalue weighted by atomic mass is 32.2. The van der Waals surface area contributed by atoms with Gasteiger partial charge in [0.05, 0.1) is 0 Å². The molecule has 0 aliphatic heterocycles. The number of para-hydroxylation sites is 1. The molecule has 0 saturated heterocycles. The Labute approximate surface area is 112 Å². The molecule has 3 N–H and O–H groups in total. The van der Waals surface area contributed by atoms with Gasteiger partial charge in [-0.25, -0.2) is 17.9 Å². The number of sulfonamides is 1. The van der Waals surface area contributed by atoms with Crippen LogP contribution in [0.3, 0.4) is 0 Å². The van der Waals surface area contributed by atoms with Crippen LogP contribution in [0, 0.1) is 0 Å². The summed E-state index contributed by atoms with van der Waals surface area (Å²) in [7, 11) is -0.604. The van der Waals surface area contributed by atoms with E-state index in [1.165, 1.54) is 29.2 Å². The summed E-state index contributed by atoms with van der Waals surface area (Å²) in [6, 6.07) is 5.34. The number of amides is 2. The van der Waals surface area contributed by atoms with Crippen molar-refractivity contribution < 1.29 is 18.3 Å². The van der Waals surface area contributed by atoms with Crippen molar-refractivity contribution in [1.82, 2.24) is 14.9 Å². The highest BCUT2D eigenvalue weighted by molar-refractivity contribution is 7.89. The molecule has 0 unspecified atom stereocenters. The standard InChI is InChI=1S/C11H17N3O4S/c1-14(2)11(16)12-7-8-13-19(17,18)10-6-4-3-5-9(10)15/h3-6,13,15H,7-8H2,1-2H3,(H,12,16). The van der Waals surface area contributed by atoms with Crippen molar-refractivity contribution in [3.05, 3.63) is 24.3 Å². The molecule has 0 fully saturated rings. The molecule has 0 aromatic heterocycles. The van der Waals surface area contributed by atoms with E-state index in [2.05, 4.69) is 10.0 Å². The lowest BCUT2D eigenvalue weighted by Crippen LogP contribution is -2.39. The summed E-state index contributed by atoms with van der Waals surface area (Å²) in [6.07, 6.45) is 0. The number of hydrogen-bond donors (Lipinski definition) is 3. The molecule has 0 bridgehead atoms. The number of urea groups is 1. The predicted octanol–water partition coefficient (Wildman–Crippen LogP) is -0.0583. The fraction of sp³-hybridized carbons (Fsp3) is 0.364. The maximum atomic E-state index is 11.8. The maximum Gasteiger partial charge on any atom is 0.316 e. The Kier molecular flexibility index (Phi) is 5.13. The first-order valence-corrected chi connectivity index (χ1v) is 7.05. The van der Waals surface area contributed by atoms with Crippen LogP contribution < -0.4 is 10.0 Å². The number of rotatable bonds is 5. The van der Waals surface area contributed by atoms with E-state index in [4.69, 9.17) is 0 Å². The minimum atomic E-state index is -3.77. The monoisotopic (exact) mass is 287 g/mol. The summed E-state index contributed by atoms with van der Waals surface area (Å²) in [4.78, 5) is 12.3. The van der Waals surface area contributed by atoms with Crippen LogP contribution in [-0.2, 0) is 10.0 Å². The normalized spacial score (nSPS) is 11.1. The molecule has 0 atom stereocenters. The summed E-state index contributed by atoms with van der Waals surface area (Å²) >= 11 is 0. The van der Waals surface area contributed by atoms with Gasteiger partial charge in [-0.15, -0.1) is 0 Å². The molecule has 1 aromatic carbocycles. The minimum Gasteiger partial charge on any atom is -0.507 e. The van der Waals surface area contributed by atoms with Gasteiger partial charge in [0, 0.05) is 27.2 Å². The Morgan fingerprint density at radius 1 is 1.26 bits per heavy atom. The van der Waals surface area contributed by atoms with Gasteiger partial charge in [0.2, 0.25) is 10.0 Å². The van der Waals surface area contributed by atoms with Crippen LogP contribution in [0.1, 0.15) is 0 Å². The number of aromatic hydroxyl groups is 1. The van der Waals surface area contributed by atoms with Crippen LogP contribution in [0.15, 0.2) is 29.2 Å². The smallest absolute Gasteiger partial charge is 0.316 e. The fourth-order valence-electron chi connectivity index (χ4n) is 1.28. The second-order valence-corrected chi connectivity index (χ2v) is 5.73. The molecule has 0 spiro atoms. The van der Waals surface area contributed by atoms with Crippen LogP contribution in [0.25, 0.3) is 0 Å². The van der Waals surface area contributed by atoms with E-state index in [-0.39, 0.29) is 29.8 Å². The van der Waals surface area contributed by atoms with E-state index < -0.39 is 10.0 Å². The number of nitrogens with one attached hydrogen (secondary N) is 2. The second-order valence-electron chi connectivity index (χ2n) is 3.99. The van der Waals surface area contributed by atoms with Crippen LogP contribution in [0.2, 0.25) is 0 Å². The first-order valence-electron chi connectivity index (χ1n) is 5.57. The third-order valence-electron chi connectivity index (χ3n) is 2.25. The molecule has 0 heterocycles. The van der Waals surface area contributed by atoms with Crippen molar-refractivity contribution in [2.75, 3.05) is 27.2 Å². The van der Waals surface area contributed by atoms with Gasteiger partial charge in [0.25, 0.3) is 0 Å². The highest BCUT2D eigenvalue weighted by Gasteiger charge is 2.17. The average Bonchev–Trinajstić information content (AvgIpc) is 2.34. The molecule has 1 rings (SSSR count). The first kappa shape index (κ1) is 15.3. The Morgan fingerprint density at radius 2 is 1.89 bits per heavy atom. The Bertz CT molecular complexity index is 543. The van der Waals surface area contributed by atoms with Gasteiger partial charge in [-0.05, 0) is 12.1 Å². The highest BCUT2D eigenvalue weighted by Crippen LogP contribution is 2.20. The fourth-order valence-corrected chi connectivity index (χ4v) is 2.40. The van der Waals surface area contributed by atoms with E-state index in [1.54, 1.807) is 14.1 Å². The predicted molar refractivity (Wildman–Crippen MR) is 70.4 cm³/mol. The molecule has 0 saturated carbocycles. The number of nitrogens with zero attached hydrogens (tertiary/aromatic N) is 1. The van der Waals surface area contributed by atoms with Gasteiger partial charge < -0.3 is 15.3 Å². The molecule has 8 heteroatoms. The average molecular weight is 287 g/mol. The van der Waals surface area contributed by atoms with Crippen molar-refractivity contribution >= 4 is 16.1 Å². The van der Waals surface area contributed by atoms with Gasteiger partial charge in [0.1, 0.15) is 10.6 Å². The zero-order valence-corrected chi connectivity index (χ0v) is 11.6. The molecule has 0 radical (unpaired) electrons. The van der Waals surface area contributed by atoms with Crippen LogP contribution in [0.5, 0.6) is 5.75 Å². The number of phenols is 1. The molecular formula is C11H17N3O4S. The van der Waals surface area contributed by atoms with E-state index in [1.807, 2.05) is 0 Å². The van der Waals surface area contributed by atoms with E-state index in [0.717, 1.165) is 0 Å². The van der Waals surface area contributed by atoms with Crippen LogP contribution >= 0.6 is 0 Å². The Morgan fingerprint density at radius 3 is 2.47 bits per heavy atom. The van der Waals surface area contributed by atoms with Crippen molar-refractivity contribution in [3.8, 4) is 5.75 Å². The van der Waals surface area contributed by atoms with Gasteiger partial charge in [-0.1, -0.05) is 12.1 Å². The number of hydrogen-bond acceptors (Lipinski definition) is 4. The van der Waals surface area contributed by atoms with Crippen molar-refractivity contribution in [2.24, 2.45) is 0 Å². The maximum absolute atomic E-state index is 11.8. The number of phenolic OH excluding ortho intramolecular Hbond substituents is 1. The van der Waals surface area contributed by atoms with Gasteiger partial charge >= 0.3 is 6.03 Å². The van der Waals surface area contributed by atoms with E-state index in [9.17, 15) is 18.3 Å². The molecule has 7 nitrogen and oxygen atoms in total.